The summed E-state index contributed by atoms with van der Waals surface area (Å²) in [5, 5.41) is 49.3. The number of hydrogen-bond donors (Lipinski definition) is 6. The van der Waals surface area contributed by atoms with E-state index in [1.165, 1.54) is 0 Å². The quantitative estimate of drug-likeness (QED) is 0.347. The Morgan fingerprint density at radius 2 is 1.47 bits per heavy atom. The van der Waals surface area contributed by atoms with Crippen LogP contribution in [0.5, 0.6) is 0 Å². The van der Waals surface area contributed by atoms with Crippen molar-refractivity contribution in [3.63, 3.8) is 0 Å². The number of aliphatic hydroxyl groups excluding tert-OH is 3. The maximum Gasteiger partial charge on any atom is 0.317 e. The third-order valence-electron chi connectivity index (χ3n) is 10.5. The lowest BCUT2D eigenvalue weighted by molar-refractivity contribution is -0.223. The Morgan fingerprint density at radius 3 is 2.06 bits per heavy atom. The Bertz CT molecular complexity index is 747. The third-order valence-corrected chi connectivity index (χ3v) is 10.5. The van der Waals surface area contributed by atoms with Crippen LogP contribution in [-0.2, 0) is 9.59 Å². The molecule has 0 unspecified atom stereocenters. The summed E-state index contributed by atoms with van der Waals surface area (Å²) in [5.74, 6) is 0.0923. The highest BCUT2D eigenvalue weighted by molar-refractivity contribution is 5.68. The summed E-state index contributed by atoms with van der Waals surface area (Å²) in [5.41, 5.74) is 4.69. The van der Waals surface area contributed by atoms with Gasteiger partial charge in [-0.25, -0.2) is 0 Å². The minimum absolute atomic E-state index is 0.00309. The molecule has 0 aromatic rings. The standard InChI is InChI=1S/C24H40O5.C2H5NO2/c1-13(4-7-19(26)27)15-5-6-16-20-17(9-11-23(15,16)2)24(3)10-8-14(25)12-18(24)21(28)22(20)29;3-1-2(4)5/h13-18,20-22,25,28-29H,4-12H2,1-3H3,(H,26,27);1,3H2,(H,4,5)/t13-,14-,15-,16+,17+,18+,20+,21+,22-,23-,24-;/m1./s1. The van der Waals surface area contributed by atoms with E-state index in [1.54, 1.807) is 0 Å². The van der Waals surface area contributed by atoms with Crippen LogP contribution in [0.2, 0.25) is 0 Å². The number of fused-ring (bicyclic) bond motifs is 5. The van der Waals surface area contributed by atoms with Crippen molar-refractivity contribution in [2.45, 2.75) is 96.9 Å². The maximum atomic E-state index is 11.3. The average Bonchev–Trinajstić information content (AvgIpc) is 3.14. The van der Waals surface area contributed by atoms with Crippen LogP contribution in [0.3, 0.4) is 0 Å². The number of aliphatic hydroxyl groups is 3. The fourth-order valence-corrected chi connectivity index (χ4v) is 8.77. The van der Waals surface area contributed by atoms with Crippen molar-refractivity contribution < 1.29 is 35.1 Å². The van der Waals surface area contributed by atoms with Crippen LogP contribution in [0.25, 0.3) is 0 Å². The largest absolute Gasteiger partial charge is 0.481 e. The molecule has 8 heteroatoms. The molecule has 8 nitrogen and oxygen atoms in total. The van der Waals surface area contributed by atoms with E-state index in [9.17, 15) is 24.9 Å². The van der Waals surface area contributed by atoms with Crippen molar-refractivity contribution >= 4 is 11.9 Å². The van der Waals surface area contributed by atoms with Gasteiger partial charge in [0.15, 0.2) is 0 Å². The Labute approximate surface area is 202 Å². The molecule has 4 aliphatic rings. The zero-order valence-electron chi connectivity index (χ0n) is 20.9. The molecule has 4 rings (SSSR count). The lowest BCUT2D eigenvalue weighted by Gasteiger charge is -2.63. The molecule has 0 aromatic carbocycles. The summed E-state index contributed by atoms with van der Waals surface area (Å²) < 4.78 is 0. The van der Waals surface area contributed by atoms with E-state index in [2.05, 4.69) is 26.5 Å². The molecule has 4 saturated carbocycles. The van der Waals surface area contributed by atoms with Crippen molar-refractivity contribution in [1.82, 2.24) is 0 Å². The predicted octanol–water partition coefficient (Wildman–Crippen LogP) is 2.48. The topological polar surface area (TPSA) is 161 Å². The van der Waals surface area contributed by atoms with Gasteiger partial charge in [0.05, 0.1) is 24.9 Å². The number of aliphatic carboxylic acids is 2. The van der Waals surface area contributed by atoms with Gasteiger partial charge in [-0.1, -0.05) is 20.8 Å². The van der Waals surface area contributed by atoms with Gasteiger partial charge in [-0.2, -0.15) is 0 Å². The first-order chi connectivity index (χ1) is 15.9. The lowest BCUT2D eigenvalue weighted by Crippen LogP contribution is -2.64. The fourth-order valence-electron chi connectivity index (χ4n) is 8.77. The zero-order valence-corrected chi connectivity index (χ0v) is 20.9. The molecule has 7 N–H and O–H groups in total. The molecule has 0 heterocycles. The van der Waals surface area contributed by atoms with Gasteiger partial charge in [0, 0.05) is 6.42 Å². The van der Waals surface area contributed by atoms with Gasteiger partial charge < -0.3 is 31.3 Å². The molecule has 196 valence electrons. The minimum Gasteiger partial charge on any atom is -0.481 e. The monoisotopic (exact) mass is 483 g/mol. The van der Waals surface area contributed by atoms with Crippen molar-refractivity contribution in [3.8, 4) is 0 Å². The molecule has 34 heavy (non-hydrogen) atoms. The van der Waals surface area contributed by atoms with Crippen LogP contribution in [-0.4, -0.2) is 62.3 Å². The first kappa shape index (κ1) is 27.4. The van der Waals surface area contributed by atoms with Crippen LogP contribution in [0.4, 0.5) is 0 Å². The molecule has 4 aliphatic carbocycles. The Hall–Kier alpha value is -1.22. The summed E-state index contributed by atoms with van der Waals surface area (Å²) >= 11 is 0. The Balaban J connectivity index is 0.000000588. The van der Waals surface area contributed by atoms with Crippen LogP contribution in [0, 0.1) is 46.3 Å². The Morgan fingerprint density at radius 1 is 0.882 bits per heavy atom. The first-order valence-corrected chi connectivity index (χ1v) is 13.0. The highest BCUT2D eigenvalue weighted by Gasteiger charge is 2.65. The van der Waals surface area contributed by atoms with Gasteiger partial charge in [-0.05, 0) is 97.7 Å². The number of rotatable bonds is 5. The van der Waals surface area contributed by atoms with E-state index in [-0.39, 0.29) is 41.7 Å². The molecule has 0 amide bonds. The van der Waals surface area contributed by atoms with E-state index in [0.29, 0.717) is 30.1 Å². The number of carboxylic acids is 2. The smallest absolute Gasteiger partial charge is 0.317 e. The maximum absolute atomic E-state index is 11.3. The van der Waals surface area contributed by atoms with E-state index in [1.807, 2.05) is 0 Å². The molecule has 4 fully saturated rings. The van der Waals surface area contributed by atoms with Gasteiger partial charge in [0.25, 0.3) is 0 Å². The summed E-state index contributed by atoms with van der Waals surface area (Å²) in [7, 11) is 0. The summed E-state index contributed by atoms with van der Waals surface area (Å²) in [6.07, 6.45) is 5.87. The van der Waals surface area contributed by atoms with Crippen LogP contribution in [0.1, 0.15) is 78.6 Å². The molecule has 0 radical (unpaired) electrons. The van der Waals surface area contributed by atoms with Crippen molar-refractivity contribution in [3.05, 3.63) is 0 Å². The van der Waals surface area contributed by atoms with Crippen LogP contribution >= 0.6 is 0 Å². The molecule has 0 bridgehead atoms. The molecular formula is C26H45NO7. The zero-order chi connectivity index (χ0) is 25.4. The van der Waals surface area contributed by atoms with Gasteiger partial charge in [0.2, 0.25) is 0 Å². The predicted molar refractivity (Wildman–Crippen MR) is 127 cm³/mol. The minimum atomic E-state index is -0.968. The number of nitrogens with two attached hydrogens (primary N) is 1. The molecule has 0 spiro atoms. The summed E-state index contributed by atoms with van der Waals surface area (Å²) in [6.45, 7) is 6.61. The molecule has 0 saturated heterocycles. The van der Waals surface area contributed by atoms with Gasteiger partial charge in [0.1, 0.15) is 0 Å². The van der Waals surface area contributed by atoms with Crippen molar-refractivity contribution in [1.29, 1.82) is 0 Å². The third kappa shape index (κ3) is 4.88. The SMILES string of the molecule is C[C@H](CCC(=O)O)[C@H]1CC[C@H]2[C@@H]3[C@@H](O)[C@@H](O)[C@@H]4C[C@H](O)CC[C@]4(C)[C@H]3CC[C@]12C.NCC(=O)O. The summed E-state index contributed by atoms with van der Waals surface area (Å²) in [4.78, 5) is 20.3. The van der Waals surface area contributed by atoms with Gasteiger partial charge in [-0.15, -0.1) is 0 Å². The number of carbonyl (C=O) groups is 2. The molecular weight excluding hydrogens is 438 g/mol. The highest BCUT2D eigenvalue weighted by atomic mass is 16.4. The van der Waals surface area contributed by atoms with E-state index in [0.717, 1.165) is 44.9 Å². The second-order valence-electron chi connectivity index (χ2n) is 12.0. The van der Waals surface area contributed by atoms with Gasteiger partial charge >= 0.3 is 11.9 Å². The van der Waals surface area contributed by atoms with Crippen molar-refractivity contribution in [2.24, 2.45) is 52.1 Å². The lowest BCUT2D eigenvalue weighted by atomic mass is 9.43. The second kappa shape index (κ2) is 10.4. The van der Waals surface area contributed by atoms with Gasteiger partial charge in [-0.3, -0.25) is 9.59 Å². The number of hydrogen-bond acceptors (Lipinski definition) is 6. The van der Waals surface area contributed by atoms with Crippen LogP contribution in [0.15, 0.2) is 0 Å². The molecule has 0 aliphatic heterocycles. The average molecular weight is 484 g/mol. The molecule has 0 aromatic heterocycles. The van der Waals surface area contributed by atoms with Crippen molar-refractivity contribution in [2.75, 3.05) is 6.54 Å². The van der Waals surface area contributed by atoms with Crippen LogP contribution < -0.4 is 5.73 Å². The first-order valence-electron chi connectivity index (χ1n) is 13.0. The highest BCUT2D eigenvalue weighted by Crippen LogP contribution is 2.68. The number of carboxylic acid groups (broad SMARTS) is 2. The normalized spacial score (nSPS) is 46.2. The fraction of sp³-hybridized carbons (Fsp3) is 0.923. The second-order valence-corrected chi connectivity index (χ2v) is 12.0. The summed E-state index contributed by atoms with van der Waals surface area (Å²) in [6, 6.07) is 0. The Kier molecular flexibility index (Phi) is 8.38. The molecule has 11 atom stereocenters. The van der Waals surface area contributed by atoms with E-state index in [4.69, 9.17) is 10.2 Å². The van der Waals surface area contributed by atoms with E-state index >= 15 is 0 Å². The van der Waals surface area contributed by atoms with E-state index < -0.39 is 24.1 Å².